The van der Waals surface area contributed by atoms with Gasteiger partial charge in [0.25, 0.3) is 0 Å². The Labute approximate surface area is 102 Å². The molecule has 1 atom stereocenters. The Hall–Kier alpha value is -1.07. The quantitative estimate of drug-likeness (QED) is 0.838. The molecule has 5 heteroatoms. The van der Waals surface area contributed by atoms with Crippen LogP contribution in [0.2, 0.25) is 0 Å². The van der Waals surface area contributed by atoms with E-state index in [4.69, 9.17) is 0 Å². The van der Waals surface area contributed by atoms with E-state index in [2.05, 4.69) is 12.2 Å². The van der Waals surface area contributed by atoms with E-state index in [0.29, 0.717) is 5.92 Å². The van der Waals surface area contributed by atoms with E-state index in [9.17, 15) is 13.5 Å². The zero-order chi connectivity index (χ0) is 12.5. The minimum Gasteiger partial charge on any atom is -0.508 e. The Morgan fingerprint density at radius 1 is 1.35 bits per heavy atom. The first-order chi connectivity index (χ1) is 7.96. The lowest BCUT2D eigenvalue weighted by Gasteiger charge is -2.28. The van der Waals surface area contributed by atoms with E-state index in [1.807, 2.05) is 12.1 Å². The largest absolute Gasteiger partial charge is 0.508 e. The van der Waals surface area contributed by atoms with Gasteiger partial charge in [-0.1, -0.05) is 19.1 Å². The molecule has 0 aliphatic carbocycles. The first-order valence-corrected chi connectivity index (χ1v) is 7.51. The van der Waals surface area contributed by atoms with Crippen LogP contribution in [0.15, 0.2) is 24.3 Å². The molecule has 17 heavy (non-hydrogen) atoms. The van der Waals surface area contributed by atoms with Crippen LogP contribution < -0.4 is 5.32 Å². The maximum Gasteiger partial charge on any atom is 0.153 e. The highest BCUT2D eigenvalue weighted by Crippen LogP contribution is 2.18. The topological polar surface area (TPSA) is 66.4 Å². The number of nitrogens with one attached hydrogen (secondary N) is 1. The molecule has 1 saturated heterocycles. The maximum atomic E-state index is 11.0. The summed E-state index contributed by atoms with van der Waals surface area (Å²) in [4.78, 5) is 0. The average Bonchev–Trinajstić information content (AvgIpc) is 2.24. The number of aromatic hydroxyl groups is 1. The average molecular weight is 255 g/mol. The summed E-state index contributed by atoms with van der Waals surface area (Å²) in [7, 11) is -2.74. The molecule has 4 nitrogen and oxygen atoms in total. The molecule has 94 valence electrons. The molecular formula is C12H17NO3S. The van der Waals surface area contributed by atoms with Gasteiger partial charge >= 0.3 is 0 Å². The summed E-state index contributed by atoms with van der Waals surface area (Å²) in [6.07, 6.45) is 0. The third kappa shape index (κ3) is 3.20. The molecule has 1 aromatic carbocycles. The lowest BCUT2D eigenvalue weighted by Crippen LogP contribution is -2.51. The summed E-state index contributed by atoms with van der Waals surface area (Å²) in [6, 6.07) is 7.22. The molecule has 0 radical (unpaired) electrons. The van der Waals surface area contributed by atoms with Crippen molar-refractivity contribution in [1.82, 2.24) is 5.32 Å². The van der Waals surface area contributed by atoms with Crippen LogP contribution in [0.5, 0.6) is 5.75 Å². The number of rotatable bonds is 4. The fourth-order valence-corrected chi connectivity index (χ4v) is 3.31. The van der Waals surface area contributed by atoms with Gasteiger partial charge in [0, 0.05) is 12.6 Å². The maximum absolute atomic E-state index is 11.0. The standard InChI is InChI=1S/C12H17NO3S/c1-9(10-2-4-12(14)5-3-10)6-13-11-7-17(15,16)8-11/h2-5,9,11,13-14H,6-8H2,1H3. The van der Waals surface area contributed by atoms with E-state index in [1.165, 1.54) is 0 Å². The first-order valence-electron chi connectivity index (χ1n) is 5.69. The molecule has 1 heterocycles. The Morgan fingerprint density at radius 3 is 2.47 bits per heavy atom. The van der Waals surface area contributed by atoms with Gasteiger partial charge < -0.3 is 10.4 Å². The number of sulfone groups is 1. The Balaban J connectivity index is 1.82. The minimum absolute atomic E-state index is 0.111. The molecule has 2 N–H and O–H groups in total. The second-order valence-corrected chi connectivity index (χ2v) is 6.83. The summed E-state index contributed by atoms with van der Waals surface area (Å²) >= 11 is 0. The molecule has 0 spiro atoms. The molecule has 0 amide bonds. The van der Waals surface area contributed by atoms with Crippen molar-refractivity contribution in [2.45, 2.75) is 18.9 Å². The number of hydrogen-bond donors (Lipinski definition) is 2. The Bertz CT molecular complexity index is 469. The Kier molecular flexibility index (Phi) is 3.40. The monoisotopic (exact) mass is 255 g/mol. The van der Waals surface area contributed by atoms with Crippen molar-refractivity contribution < 1.29 is 13.5 Å². The fraction of sp³-hybridized carbons (Fsp3) is 0.500. The van der Waals surface area contributed by atoms with Crippen LogP contribution in [0.25, 0.3) is 0 Å². The van der Waals surface area contributed by atoms with Gasteiger partial charge in [0.15, 0.2) is 9.84 Å². The zero-order valence-electron chi connectivity index (χ0n) is 9.76. The van der Waals surface area contributed by atoms with Crippen molar-refractivity contribution in [1.29, 1.82) is 0 Å². The van der Waals surface area contributed by atoms with E-state index in [0.717, 1.165) is 12.1 Å². The van der Waals surface area contributed by atoms with Crippen molar-refractivity contribution in [3.63, 3.8) is 0 Å². The predicted octanol–water partition coefficient (Wildman–Crippen LogP) is 0.882. The van der Waals surface area contributed by atoms with Gasteiger partial charge in [-0.3, -0.25) is 0 Å². The van der Waals surface area contributed by atoms with Gasteiger partial charge in [-0.15, -0.1) is 0 Å². The highest BCUT2D eigenvalue weighted by molar-refractivity contribution is 7.92. The van der Waals surface area contributed by atoms with Crippen molar-refractivity contribution >= 4 is 9.84 Å². The third-order valence-corrected chi connectivity index (χ3v) is 4.91. The van der Waals surface area contributed by atoms with Crippen molar-refractivity contribution in [2.24, 2.45) is 0 Å². The molecule has 0 bridgehead atoms. The molecule has 1 unspecified atom stereocenters. The van der Waals surface area contributed by atoms with Crippen molar-refractivity contribution in [3.8, 4) is 5.75 Å². The molecular weight excluding hydrogens is 238 g/mol. The summed E-state index contributed by atoms with van der Waals surface area (Å²) in [6.45, 7) is 2.83. The molecule has 0 saturated carbocycles. The first kappa shape index (κ1) is 12.4. The fourth-order valence-electron chi connectivity index (χ4n) is 1.95. The van der Waals surface area contributed by atoms with Crippen LogP contribution in [0.1, 0.15) is 18.4 Å². The van der Waals surface area contributed by atoms with E-state index < -0.39 is 9.84 Å². The summed E-state index contributed by atoms with van der Waals surface area (Å²) < 4.78 is 22.0. The smallest absolute Gasteiger partial charge is 0.153 e. The Morgan fingerprint density at radius 2 is 1.94 bits per heavy atom. The minimum atomic E-state index is -2.74. The second kappa shape index (κ2) is 4.66. The van der Waals surface area contributed by atoms with Gasteiger partial charge in [-0.25, -0.2) is 8.42 Å². The number of phenols is 1. The summed E-state index contributed by atoms with van der Waals surface area (Å²) in [5.74, 6) is 1.09. The van der Waals surface area contributed by atoms with E-state index >= 15 is 0 Å². The number of benzene rings is 1. The highest BCUT2D eigenvalue weighted by atomic mass is 32.2. The lowest BCUT2D eigenvalue weighted by atomic mass is 10.0. The van der Waals surface area contributed by atoms with Crippen molar-refractivity contribution in [3.05, 3.63) is 29.8 Å². The van der Waals surface area contributed by atoms with Crippen LogP contribution in [-0.4, -0.2) is 37.6 Å². The van der Waals surface area contributed by atoms with Crippen LogP contribution in [0.3, 0.4) is 0 Å². The van der Waals surface area contributed by atoms with Gasteiger partial charge in [0.1, 0.15) is 5.75 Å². The van der Waals surface area contributed by atoms with Crippen LogP contribution in [0.4, 0.5) is 0 Å². The zero-order valence-corrected chi connectivity index (χ0v) is 10.6. The van der Waals surface area contributed by atoms with Gasteiger partial charge in [-0.05, 0) is 23.6 Å². The van der Waals surface area contributed by atoms with Crippen LogP contribution >= 0.6 is 0 Å². The lowest BCUT2D eigenvalue weighted by molar-refractivity contribution is 0.474. The highest BCUT2D eigenvalue weighted by Gasteiger charge is 2.32. The van der Waals surface area contributed by atoms with Gasteiger partial charge in [0.2, 0.25) is 0 Å². The predicted molar refractivity (Wildman–Crippen MR) is 67.0 cm³/mol. The van der Waals surface area contributed by atoms with Gasteiger partial charge in [-0.2, -0.15) is 0 Å². The second-order valence-electron chi connectivity index (χ2n) is 4.67. The SMILES string of the molecule is CC(CNC1CS(=O)(=O)C1)c1ccc(O)cc1. The van der Waals surface area contributed by atoms with Crippen LogP contribution in [-0.2, 0) is 9.84 Å². The van der Waals surface area contributed by atoms with Crippen molar-refractivity contribution in [2.75, 3.05) is 18.1 Å². The summed E-state index contributed by atoms with van der Waals surface area (Å²) in [5.41, 5.74) is 1.14. The third-order valence-electron chi connectivity index (χ3n) is 3.09. The molecule has 1 aromatic rings. The van der Waals surface area contributed by atoms with Gasteiger partial charge in [0.05, 0.1) is 11.5 Å². The normalized spacial score (nSPS) is 20.8. The molecule has 1 aliphatic heterocycles. The van der Waals surface area contributed by atoms with Crippen LogP contribution in [0, 0.1) is 0 Å². The summed E-state index contributed by atoms with van der Waals surface area (Å²) in [5, 5.41) is 12.4. The molecule has 1 aliphatic rings. The van der Waals surface area contributed by atoms with E-state index in [-0.39, 0.29) is 23.3 Å². The molecule has 2 rings (SSSR count). The number of hydrogen-bond acceptors (Lipinski definition) is 4. The molecule has 0 aromatic heterocycles. The molecule has 1 fully saturated rings. The van der Waals surface area contributed by atoms with E-state index in [1.54, 1.807) is 12.1 Å². The number of phenolic OH excluding ortho intramolecular Hbond substituents is 1.